The normalized spacial score (nSPS) is 12.1. The number of aryl methyl sites for hydroxylation is 1. The largest absolute Gasteiger partial charge is 0.492 e. The summed E-state index contributed by atoms with van der Waals surface area (Å²) in [6.45, 7) is 2.58. The highest BCUT2D eigenvalue weighted by Crippen LogP contribution is 2.21. The molecule has 0 spiro atoms. The highest BCUT2D eigenvalue weighted by atomic mass is 16.5. The molecule has 1 unspecified atom stereocenters. The number of nitrogens with two attached hydrogens (primary N) is 1. The lowest BCUT2D eigenvalue weighted by Crippen LogP contribution is -2.28. The minimum atomic E-state index is 0.0323. The van der Waals surface area contributed by atoms with Gasteiger partial charge in [-0.1, -0.05) is 6.07 Å². The van der Waals surface area contributed by atoms with Crippen LogP contribution in [0.2, 0.25) is 0 Å². The van der Waals surface area contributed by atoms with Crippen molar-refractivity contribution in [2.24, 2.45) is 5.84 Å². The number of rotatable bonds is 7. The zero-order valence-corrected chi connectivity index (χ0v) is 11.6. The van der Waals surface area contributed by atoms with Crippen LogP contribution in [0.1, 0.15) is 30.6 Å². The Balaban J connectivity index is 2.02. The standard InChI is InChI=1S/C15H20N4O/c1-2-20-14-9-12(10-17-11-14)15(19-16)7-6-13-5-3-4-8-18-13/h3-5,8-11,15,19H,2,6-7,16H2,1H3. The lowest BCUT2D eigenvalue weighted by molar-refractivity contribution is 0.337. The van der Waals surface area contributed by atoms with Crippen LogP contribution < -0.4 is 16.0 Å². The van der Waals surface area contributed by atoms with Gasteiger partial charge in [0.2, 0.25) is 0 Å². The molecule has 0 aliphatic rings. The van der Waals surface area contributed by atoms with Gasteiger partial charge < -0.3 is 4.74 Å². The van der Waals surface area contributed by atoms with Gasteiger partial charge in [0.05, 0.1) is 12.8 Å². The second-order valence-electron chi connectivity index (χ2n) is 4.47. The Hall–Kier alpha value is -1.98. The lowest BCUT2D eigenvalue weighted by Gasteiger charge is -2.16. The first-order chi connectivity index (χ1) is 9.83. The van der Waals surface area contributed by atoms with Gasteiger partial charge in [-0.15, -0.1) is 0 Å². The number of hydrogen-bond acceptors (Lipinski definition) is 5. The third-order valence-electron chi connectivity index (χ3n) is 3.06. The Labute approximate surface area is 119 Å². The molecule has 0 saturated heterocycles. The van der Waals surface area contributed by atoms with Crippen molar-refractivity contribution in [3.8, 4) is 5.75 Å². The third-order valence-corrected chi connectivity index (χ3v) is 3.06. The van der Waals surface area contributed by atoms with Gasteiger partial charge in [0.1, 0.15) is 5.75 Å². The minimum absolute atomic E-state index is 0.0323. The second kappa shape index (κ2) is 7.57. The van der Waals surface area contributed by atoms with Gasteiger partial charge in [-0.25, -0.2) is 0 Å². The Morgan fingerprint density at radius 3 is 2.95 bits per heavy atom. The fraction of sp³-hybridized carbons (Fsp3) is 0.333. The van der Waals surface area contributed by atoms with E-state index in [4.69, 9.17) is 10.6 Å². The molecule has 2 aromatic rings. The molecule has 2 aromatic heterocycles. The van der Waals surface area contributed by atoms with E-state index < -0.39 is 0 Å². The Kier molecular flexibility index (Phi) is 5.46. The van der Waals surface area contributed by atoms with Crippen molar-refractivity contribution in [1.82, 2.24) is 15.4 Å². The van der Waals surface area contributed by atoms with Crippen molar-refractivity contribution in [2.75, 3.05) is 6.61 Å². The zero-order chi connectivity index (χ0) is 14.2. The SMILES string of the molecule is CCOc1cncc(C(CCc2ccccn2)NN)c1. The highest BCUT2D eigenvalue weighted by Gasteiger charge is 2.11. The van der Waals surface area contributed by atoms with Crippen molar-refractivity contribution in [3.63, 3.8) is 0 Å². The van der Waals surface area contributed by atoms with Gasteiger partial charge in [0, 0.05) is 24.1 Å². The monoisotopic (exact) mass is 272 g/mol. The van der Waals surface area contributed by atoms with E-state index in [1.165, 1.54) is 0 Å². The summed E-state index contributed by atoms with van der Waals surface area (Å²) in [5, 5.41) is 0. The highest BCUT2D eigenvalue weighted by molar-refractivity contribution is 5.26. The molecule has 0 fully saturated rings. The van der Waals surface area contributed by atoms with Crippen LogP contribution in [0, 0.1) is 0 Å². The van der Waals surface area contributed by atoms with E-state index in [0.717, 1.165) is 29.8 Å². The molecule has 0 bridgehead atoms. The van der Waals surface area contributed by atoms with Crippen LogP contribution in [-0.4, -0.2) is 16.6 Å². The molecule has 5 heteroatoms. The van der Waals surface area contributed by atoms with Gasteiger partial charge >= 0.3 is 0 Å². The molecular formula is C15H20N4O. The topological polar surface area (TPSA) is 73.1 Å². The van der Waals surface area contributed by atoms with E-state index in [-0.39, 0.29) is 6.04 Å². The zero-order valence-electron chi connectivity index (χ0n) is 11.6. The quantitative estimate of drug-likeness (QED) is 0.596. The molecule has 0 amide bonds. The van der Waals surface area contributed by atoms with E-state index in [1.54, 1.807) is 12.4 Å². The van der Waals surface area contributed by atoms with Gasteiger partial charge in [-0.2, -0.15) is 0 Å². The second-order valence-corrected chi connectivity index (χ2v) is 4.47. The molecule has 106 valence electrons. The predicted molar refractivity (Wildman–Crippen MR) is 78.0 cm³/mol. The van der Waals surface area contributed by atoms with Gasteiger partial charge in [-0.3, -0.25) is 21.2 Å². The maximum atomic E-state index is 5.65. The summed E-state index contributed by atoms with van der Waals surface area (Å²) in [5.74, 6) is 6.42. The first-order valence-corrected chi connectivity index (χ1v) is 6.77. The summed E-state index contributed by atoms with van der Waals surface area (Å²) >= 11 is 0. The van der Waals surface area contributed by atoms with Crippen LogP contribution >= 0.6 is 0 Å². The van der Waals surface area contributed by atoms with E-state index in [9.17, 15) is 0 Å². The van der Waals surface area contributed by atoms with Gasteiger partial charge in [0.25, 0.3) is 0 Å². The number of pyridine rings is 2. The fourth-order valence-corrected chi connectivity index (χ4v) is 2.06. The molecule has 3 N–H and O–H groups in total. The molecule has 0 saturated carbocycles. The molecular weight excluding hydrogens is 252 g/mol. The summed E-state index contributed by atoms with van der Waals surface area (Å²) in [4.78, 5) is 8.51. The maximum absolute atomic E-state index is 5.65. The average molecular weight is 272 g/mol. The molecule has 0 aromatic carbocycles. The Morgan fingerprint density at radius 1 is 1.35 bits per heavy atom. The number of hydrazine groups is 1. The summed E-state index contributed by atoms with van der Waals surface area (Å²) in [6, 6.07) is 7.93. The summed E-state index contributed by atoms with van der Waals surface area (Å²) in [7, 11) is 0. The van der Waals surface area contributed by atoms with Crippen LogP contribution in [0.3, 0.4) is 0 Å². The molecule has 1 atom stereocenters. The van der Waals surface area contributed by atoms with Crippen LogP contribution in [-0.2, 0) is 6.42 Å². The van der Waals surface area contributed by atoms with E-state index in [2.05, 4.69) is 15.4 Å². The van der Waals surface area contributed by atoms with E-state index in [0.29, 0.717) is 6.61 Å². The van der Waals surface area contributed by atoms with Gasteiger partial charge in [0.15, 0.2) is 0 Å². The molecule has 20 heavy (non-hydrogen) atoms. The van der Waals surface area contributed by atoms with Crippen LogP contribution in [0.4, 0.5) is 0 Å². The number of aromatic nitrogens is 2. The number of hydrogen-bond donors (Lipinski definition) is 2. The summed E-state index contributed by atoms with van der Waals surface area (Å²) < 4.78 is 5.46. The lowest BCUT2D eigenvalue weighted by atomic mass is 10.0. The predicted octanol–water partition coefficient (Wildman–Crippen LogP) is 2.01. The molecule has 0 aliphatic carbocycles. The smallest absolute Gasteiger partial charge is 0.137 e. The third kappa shape index (κ3) is 4.01. The van der Waals surface area contributed by atoms with Gasteiger partial charge in [-0.05, 0) is 43.5 Å². The average Bonchev–Trinajstić information content (AvgIpc) is 2.50. The maximum Gasteiger partial charge on any atom is 0.137 e. The first-order valence-electron chi connectivity index (χ1n) is 6.77. The van der Waals surface area contributed by atoms with Crippen molar-refractivity contribution in [3.05, 3.63) is 54.1 Å². The molecule has 0 radical (unpaired) electrons. The van der Waals surface area contributed by atoms with E-state index in [1.807, 2.05) is 37.4 Å². The van der Waals surface area contributed by atoms with Crippen molar-refractivity contribution in [2.45, 2.75) is 25.8 Å². The van der Waals surface area contributed by atoms with Crippen LogP contribution in [0.15, 0.2) is 42.9 Å². The molecule has 5 nitrogen and oxygen atoms in total. The van der Waals surface area contributed by atoms with E-state index >= 15 is 0 Å². The Morgan fingerprint density at radius 2 is 2.25 bits per heavy atom. The summed E-state index contributed by atoms with van der Waals surface area (Å²) in [5.41, 5.74) is 4.91. The van der Waals surface area contributed by atoms with Crippen LogP contribution in [0.5, 0.6) is 5.75 Å². The number of nitrogens with one attached hydrogen (secondary N) is 1. The number of nitrogens with zero attached hydrogens (tertiary/aromatic N) is 2. The molecule has 2 heterocycles. The molecule has 2 rings (SSSR count). The molecule has 0 aliphatic heterocycles. The fourth-order valence-electron chi connectivity index (χ4n) is 2.06. The minimum Gasteiger partial charge on any atom is -0.492 e. The first kappa shape index (κ1) is 14.4. The summed E-state index contributed by atoms with van der Waals surface area (Å²) in [6.07, 6.45) is 7.03. The van der Waals surface area contributed by atoms with Crippen molar-refractivity contribution in [1.29, 1.82) is 0 Å². The number of ether oxygens (including phenoxy) is 1. The van der Waals surface area contributed by atoms with Crippen LogP contribution in [0.25, 0.3) is 0 Å². The van der Waals surface area contributed by atoms with Crippen molar-refractivity contribution >= 4 is 0 Å². The van der Waals surface area contributed by atoms with Crippen molar-refractivity contribution < 1.29 is 4.74 Å². The Bertz CT molecular complexity index is 518.